The van der Waals surface area contributed by atoms with Gasteiger partial charge in [0, 0.05) is 61.8 Å². The van der Waals surface area contributed by atoms with Gasteiger partial charge >= 0.3 is 0 Å². The van der Waals surface area contributed by atoms with Gasteiger partial charge in [0.25, 0.3) is 0 Å². The number of nitrogens with zero attached hydrogens (tertiary/aromatic N) is 4. The van der Waals surface area contributed by atoms with Crippen LogP contribution in [0.25, 0.3) is 0 Å². The molecule has 0 aliphatic carbocycles. The first-order valence-electron chi connectivity index (χ1n) is 14.2. The fourth-order valence-electron chi connectivity index (χ4n) is 5.49. The quantitative estimate of drug-likeness (QED) is 0.253. The number of benzene rings is 2. The number of ether oxygens (including phenoxy) is 1. The Balaban J connectivity index is 1.50. The first-order valence-corrected chi connectivity index (χ1v) is 14.6. The number of hydrogen-bond acceptors (Lipinski definition) is 4. The van der Waals surface area contributed by atoms with Gasteiger partial charge in [-0.1, -0.05) is 55.3 Å². The minimum absolute atomic E-state index is 0.153. The van der Waals surface area contributed by atoms with Gasteiger partial charge < -0.3 is 9.64 Å². The zero-order chi connectivity index (χ0) is 27.8. The number of amides is 1. The summed E-state index contributed by atoms with van der Waals surface area (Å²) in [5.74, 6) is 0.951. The van der Waals surface area contributed by atoms with Crippen LogP contribution in [-0.4, -0.2) is 52.2 Å². The molecule has 1 aliphatic rings. The smallest absolute Gasteiger partial charge is 0.223 e. The molecular weight excluding hydrogens is 508 g/mol. The van der Waals surface area contributed by atoms with Gasteiger partial charge in [0.1, 0.15) is 5.75 Å². The number of aromatic nitrogens is 2. The van der Waals surface area contributed by atoms with Gasteiger partial charge in [-0.2, -0.15) is 5.10 Å². The molecular formula is C32H43ClN4O2. The number of halogens is 1. The summed E-state index contributed by atoms with van der Waals surface area (Å²) in [5.41, 5.74) is 4.20. The number of hydrogen-bond donors (Lipinski definition) is 0. The largest absolute Gasteiger partial charge is 0.493 e. The number of carbonyl (C=O) groups excluding carboxylic acids is 1. The number of carbonyl (C=O) groups is 1. The Bertz CT molecular complexity index is 1230. The predicted molar refractivity (Wildman–Crippen MR) is 158 cm³/mol. The number of aryl methyl sites for hydroxylation is 3. The Hall–Kier alpha value is -2.83. The Morgan fingerprint density at radius 2 is 1.97 bits per heavy atom. The van der Waals surface area contributed by atoms with E-state index in [1.54, 1.807) is 0 Å². The van der Waals surface area contributed by atoms with Crippen molar-refractivity contribution in [3.63, 3.8) is 0 Å². The molecule has 1 fully saturated rings. The summed E-state index contributed by atoms with van der Waals surface area (Å²) < 4.78 is 8.46. The minimum Gasteiger partial charge on any atom is -0.493 e. The Morgan fingerprint density at radius 3 is 2.72 bits per heavy atom. The topological polar surface area (TPSA) is 50.6 Å². The van der Waals surface area contributed by atoms with Crippen molar-refractivity contribution in [2.75, 3.05) is 26.7 Å². The lowest BCUT2D eigenvalue weighted by Gasteiger charge is -2.43. The number of rotatable bonds is 12. The van der Waals surface area contributed by atoms with Crippen LogP contribution in [-0.2, 0) is 24.4 Å². The molecule has 1 aliphatic heterocycles. The standard InChI is InChI=1S/C32H43ClN4O2/c1-5-6-17-37-22-28(26(3)34-37)21-36-16-10-15-32(23-36,24-39-29-13-14-30(33)25(2)18-29)19-31(38)35(4)20-27-11-8-7-9-12-27/h7-9,11-14,18,22H,5-6,10,15-17,19-21,23-24H2,1-4H3/t32-/m1/s1. The molecule has 0 spiro atoms. The molecule has 1 atom stereocenters. The van der Waals surface area contributed by atoms with Crippen molar-refractivity contribution in [2.24, 2.45) is 5.41 Å². The highest BCUT2D eigenvalue weighted by Crippen LogP contribution is 2.36. The molecule has 210 valence electrons. The fourth-order valence-corrected chi connectivity index (χ4v) is 5.61. The van der Waals surface area contributed by atoms with E-state index in [1.165, 1.54) is 5.56 Å². The van der Waals surface area contributed by atoms with Crippen LogP contribution < -0.4 is 4.74 Å². The Kier molecular flexibility index (Phi) is 10.1. The Labute approximate surface area is 238 Å². The van der Waals surface area contributed by atoms with E-state index < -0.39 is 0 Å². The zero-order valence-corrected chi connectivity index (χ0v) is 24.7. The van der Waals surface area contributed by atoms with Crippen LogP contribution in [0.4, 0.5) is 0 Å². The minimum atomic E-state index is -0.278. The lowest BCUT2D eigenvalue weighted by atomic mass is 9.77. The molecule has 7 heteroatoms. The summed E-state index contributed by atoms with van der Waals surface area (Å²) >= 11 is 6.25. The third-order valence-electron chi connectivity index (χ3n) is 7.81. The second-order valence-corrected chi connectivity index (χ2v) is 11.7. The molecule has 2 heterocycles. The third kappa shape index (κ3) is 8.09. The van der Waals surface area contributed by atoms with Gasteiger partial charge in [-0.15, -0.1) is 0 Å². The maximum absolute atomic E-state index is 13.6. The number of unbranched alkanes of at least 4 members (excludes halogenated alkanes) is 1. The van der Waals surface area contributed by atoms with Crippen molar-refractivity contribution in [1.82, 2.24) is 19.6 Å². The van der Waals surface area contributed by atoms with Crippen LogP contribution >= 0.6 is 11.6 Å². The first kappa shape index (κ1) is 29.2. The van der Waals surface area contributed by atoms with Crippen molar-refractivity contribution in [3.8, 4) is 5.75 Å². The first-order chi connectivity index (χ1) is 18.8. The molecule has 0 saturated carbocycles. The van der Waals surface area contributed by atoms with Gasteiger partial charge in [0.15, 0.2) is 0 Å². The van der Waals surface area contributed by atoms with Crippen LogP contribution in [0.15, 0.2) is 54.7 Å². The summed E-state index contributed by atoms with van der Waals surface area (Å²) in [4.78, 5) is 17.9. The molecule has 1 saturated heterocycles. The van der Waals surface area contributed by atoms with Gasteiger partial charge in [-0.05, 0) is 69.0 Å². The van der Waals surface area contributed by atoms with E-state index >= 15 is 0 Å². The van der Waals surface area contributed by atoms with Crippen LogP contribution in [0.1, 0.15) is 61.4 Å². The molecule has 1 aromatic heterocycles. The van der Waals surface area contributed by atoms with Crippen molar-refractivity contribution >= 4 is 17.5 Å². The third-order valence-corrected chi connectivity index (χ3v) is 8.24. The number of likely N-dealkylation sites (tertiary alicyclic amines) is 1. The van der Waals surface area contributed by atoms with Crippen LogP contribution in [0.5, 0.6) is 5.75 Å². The molecule has 4 rings (SSSR count). The van der Waals surface area contributed by atoms with Crippen LogP contribution in [0.3, 0.4) is 0 Å². The van der Waals surface area contributed by atoms with E-state index in [0.29, 0.717) is 19.6 Å². The van der Waals surface area contributed by atoms with Crippen molar-refractivity contribution in [2.45, 2.75) is 72.5 Å². The maximum Gasteiger partial charge on any atom is 0.223 e. The van der Waals surface area contributed by atoms with Crippen molar-refractivity contribution < 1.29 is 9.53 Å². The predicted octanol–water partition coefficient (Wildman–Crippen LogP) is 6.66. The maximum atomic E-state index is 13.6. The average molecular weight is 551 g/mol. The van der Waals surface area contributed by atoms with E-state index in [2.05, 4.69) is 41.8 Å². The van der Waals surface area contributed by atoms with Gasteiger partial charge in [0.05, 0.1) is 12.3 Å². The van der Waals surface area contributed by atoms with E-state index in [4.69, 9.17) is 21.4 Å². The molecule has 2 aromatic carbocycles. The van der Waals surface area contributed by atoms with E-state index in [0.717, 1.165) is 79.5 Å². The second kappa shape index (κ2) is 13.5. The molecule has 0 radical (unpaired) electrons. The summed E-state index contributed by atoms with van der Waals surface area (Å²) in [5, 5.41) is 5.48. The summed E-state index contributed by atoms with van der Waals surface area (Å²) in [6.07, 6.45) is 6.93. The van der Waals surface area contributed by atoms with Crippen molar-refractivity contribution in [1.29, 1.82) is 0 Å². The van der Waals surface area contributed by atoms with Gasteiger partial charge in [-0.3, -0.25) is 14.4 Å². The lowest BCUT2D eigenvalue weighted by molar-refractivity contribution is -0.135. The fraction of sp³-hybridized carbons (Fsp3) is 0.500. The monoisotopic (exact) mass is 550 g/mol. The van der Waals surface area contributed by atoms with E-state index in [1.807, 2.05) is 55.3 Å². The highest BCUT2D eigenvalue weighted by Gasteiger charge is 2.39. The summed E-state index contributed by atoms with van der Waals surface area (Å²) in [6.45, 7) is 11.0. The SMILES string of the molecule is CCCCn1cc(CN2CCC[C@@](COc3ccc(Cl)c(C)c3)(CC(=O)N(C)Cc3ccccc3)C2)c(C)n1. The van der Waals surface area contributed by atoms with Crippen molar-refractivity contribution in [3.05, 3.63) is 82.1 Å². The van der Waals surface area contributed by atoms with E-state index in [-0.39, 0.29) is 11.3 Å². The molecule has 6 nitrogen and oxygen atoms in total. The molecule has 3 aromatic rings. The highest BCUT2D eigenvalue weighted by atomic mass is 35.5. The summed E-state index contributed by atoms with van der Waals surface area (Å²) in [7, 11) is 1.90. The zero-order valence-electron chi connectivity index (χ0n) is 24.0. The molecule has 1 amide bonds. The lowest BCUT2D eigenvalue weighted by Crippen LogP contribution is -2.48. The Morgan fingerprint density at radius 1 is 1.18 bits per heavy atom. The van der Waals surface area contributed by atoms with Crippen LogP contribution in [0, 0.1) is 19.3 Å². The second-order valence-electron chi connectivity index (χ2n) is 11.3. The van der Waals surface area contributed by atoms with E-state index in [9.17, 15) is 4.79 Å². The highest BCUT2D eigenvalue weighted by molar-refractivity contribution is 6.31. The average Bonchev–Trinajstić information content (AvgIpc) is 3.27. The molecule has 0 N–H and O–H groups in total. The number of piperidine rings is 1. The van der Waals surface area contributed by atoms with Gasteiger partial charge in [0.2, 0.25) is 5.91 Å². The molecule has 0 unspecified atom stereocenters. The molecule has 39 heavy (non-hydrogen) atoms. The molecule has 0 bridgehead atoms. The van der Waals surface area contributed by atoms with Crippen LogP contribution in [0.2, 0.25) is 5.02 Å². The van der Waals surface area contributed by atoms with Gasteiger partial charge in [-0.25, -0.2) is 0 Å². The normalized spacial score (nSPS) is 17.8. The summed E-state index contributed by atoms with van der Waals surface area (Å²) in [6, 6.07) is 15.9.